The van der Waals surface area contributed by atoms with E-state index in [9.17, 15) is 0 Å². The van der Waals surface area contributed by atoms with Crippen molar-refractivity contribution in [1.29, 1.82) is 0 Å². The van der Waals surface area contributed by atoms with Crippen LogP contribution in [0.25, 0.3) is 17.0 Å². The molecular weight excluding hydrogens is 422 g/mol. The maximum Gasteiger partial charge on any atom is 0.212 e. The van der Waals surface area contributed by atoms with Gasteiger partial charge in [0.25, 0.3) is 0 Å². The number of anilines is 1. The van der Waals surface area contributed by atoms with Crippen LogP contribution in [0.15, 0.2) is 82.2 Å². The van der Waals surface area contributed by atoms with E-state index < -0.39 is 0 Å². The van der Waals surface area contributed by atoms with Crippen molar-refractivity contribution in [2.24, 2.45) is 13.0 Å². The zero-order valence-corrected chi connectivity index (χ0v) is 21.0. The summed E-state index contributed by atoms with van der Waals surface area (Å²) in [6, 6.07) is 22.6. The molecule has 0 amide bonds. The Morgan fingerprint density at radius 1 is 0.970 bits per heavy atom. The van der Waals surface area contributed by atoms with Gasteiger partial charge >= 0.3 is 0 Å². The molecule has 0 saturated heterocycles. The van der Waals surface area contributed by atoms with Crippen molar-refractivity contribution in [3.8, 4) is 0 Å². The molecule has 2 aliphatic rings. The number of aromatic nitrogens is 1. The number of rotatable bonds is 4. The number of hydrogen-bond acceptors (Lipinski definition) is 3. The Kier molecular flexibility index (Phi) is 6.31. The van der Waals surface area contributed by atoms with E-state index in [0.29, 0.717) is 12.0 Å². The molecule has 0 radical (unpaired) electrons. The van der Waals surface area contributed by atoms with Gasteiger partial charge in [-0.3, -0.25) is 0 Å². The molecule has 3 nitrogen and oxygen atoms in total. The molecule has 0 unspecified atom stereocenters. The number of fused-ring (bicyclic) bond motifs is 2. The standard InChI is InChI=1S/C29H34N3S/c1-30(2)24-16-13-21(14-17-24)23(20-29-32(4)27-11-7-8-12-28(27)33-29)19-25-18-15-22-9-5-6-10-26(22)31(25)3/h5-12,15,18-21,24H,13-14,16-17H2,1-4H3/q+1. The second kappa shape index (κ2) is 9.36. The van der Waals surface area contributed by atoms with E-state index in [1.807, 2.05) is 11.8 Å². The Hall–Kier alpha value is -2.56. The minimum atomic E-state index is 0.595. The first-order chi connectivity index (χ1) is 16.0. The maximum atomic E-state index is 2.46. The number of nitrogens with zero attached hydrogens (tertiary/aromatic N) is 3. The van der Waals surface area contributed by atoms with Crippen LogP contribution in [0.3, 0.4) is 0 Å². The minimum Gasteiger partial charge on any atom is -0.338 e. The van der Waals surface area contributed by atoms with Crippen LogP contribution in [0.5, 0.6) is 0 Å². The van der Waals surface area contributed by atoms with Crippen molar-refractivity contribution in [3.63, 3.8) is 0 Å². The van der Waals surface area contributed by atoms with Crippen LogP contribution in [0.2, 0.25) is 0 Å². The average molecular weight is 457 g/mol. The zero-order chi connectivity index (χ0) is 22.9. The number of para-hydroxylation sites is 2. The molecule has 1 fully saturated rings. The lowest BCUT2D eigenvalue weighted by Crippen LogP contribution is -2.34. The third-order valence-corrected chi connectivity index (χ3v) is 8.56. The van der Waals surface area contributed by atoms with Crippen LogP contribution >= 0.6 is 11.8 Å². The van der Waals surface area contributed by atoms with Gasteiger partial charge in [0.1, 0.15) is 7.05 Å². The van der Waals surface area contributed by atoms with Crippen molar-refractivity contribution in [3.05, 3.63) is 83.0 Å². The van der Waals surface area contributed by atoms with Gasteiger partial charge in [0.05, 0.1) is 10.7 Å². The summed E-state index contributed by atoms with van der Waals surface area (Å²) in [5.74, 6) is 0.595. The highest BCUT2D eigenvalue weighted by Gasteiger charge is 2.27. The molecule has 33 heavy (non-hydrogen) atoms. The number of pyridine rings is 1. The van der Waals surface area contributed by atoms with Gasteiger partial charge in [-0.05, 0) is 81.6 Å². The fourth-order valence-electron chi connectivity index (χ4n) is 5.27. The Balaban J connectivity index is 1.53. The molecule has 1 saturated carbocycles. The van der Waals surface area contributed by atoms with E-state index in [1.165, 1.54) is 63.5 Å². The summed E-state index contributed by atoms with van der Waals surface area (Å²) in [5, 5.41) is 2.60. The molecule has 2 heterocycles. The van der Waals surface area contributed by atoms with Crippen LogP contribution in [0, 0.1) is 5.92 Å². The molecule has 2 aromatic carbocycles. The van der Waals surface area contributed by atoms with Crippen LogP contribution in [0.1, 0.15) is 31.4 Å². The van der Waals surface area contributed by atoms with E-state index in [0.717, 1.165) is 0 Å². The molecule has 0 bridgehead atoms. The number of allylic oxidation sites excluding steroid dienone is 2. The van der Waals surface area contributed by atoms with Gasteiger partial charge < -0.3 is 9.80 Å². The van der Waals surface area contributed by atoms with Gasteiger partial charge in [0.15, 0.2) is 0 Å². The predicted octanol–water partition coefficient (Wildman–Crippen LogP) is 6.25. The summed E-state index contributed by atoms with van der Waals surface area (Å²) in [4.78, 5) is 6.09. The van der Waals surface area contributed by atoms with Gasteiger partial charge in [-0.2, -0.15) is 4.57 Å². The van der Waals surface area contributed by atoms with Crippen LogP contribution in [-0.2, 0) is 7.05 Å². The minimum absolute atomic E-state index is 0.595. The van der Waals surface area contributed by atoms with E-state index >= 15 is 0 Å². The van der Waals surface area contributed by atoms with Crippen molar-refractivity contribution in [1.82, 2.24) is 4.90 Å². The number of hydrogen-bond donors (Lipinski definition) is 0. The molecule has 1 aliphatic heterocycles. The van der Waals surface area contributed by atoms with Gasteiger partial charge in [0, 0.05) is 41.6 Å². The maximum absolute atomic E-state index is 2.46. The molecule has 1 aliphatic carbocycles. The Morgan fingerprint density at radius 2 is 1.70 bits per heavy atom. The summed E-state index contributed by atoms with van der Waals surface area (Å²) in [5.41, 5.74) is 5.30. The van der Waals surface area contributed by atoms with E-state index in [-0.39, 0.29) is 0 Å². The second-order valence-corrected chi connectivity index (χ2v) is 10.7. The van der Waals surface area contributed by atoms with E-state index in [1.54, 1.807) is 0 Å². The molecule has 0 atom stereocenters. The summed E-state index contributed by atoms with van der Waals surface area (Å²) in [6.07, 6.45) is 9.93. The monoisotopic (exact) mass is 456 g/mol. The fourth-order valence-corrected chi connectivity index (χ4v) is 6.38. The Labute approximate surface area is 202 Å². The van der Waals surface area contributed by atoms with Crippen LogP contribution in [0.4, 0.5) is 5.69 Å². The van der Waals surface area contributed by atoms with Crippen LogP contribution < -0.4 is 9.47 Å². The normalized spacial score (nSPS) is 22.4. The van der Waals surface area contributed by atoms with Crippen LogP contribution in [-0.4, -0.2) is 32.1 Å². The molecule has 170 valence electrons. The molecule has 0 spiro atoms. The lowest BCUT2D eigenvalue weighted by molar-refractivity contribution is -0.646. The molecule has 1 aromatic heterocycles. The van der Waals surface area contributed by atoms with Gasteiger partial charge in [-0.25, -0.2) is 0 Å². The van der Waals surface area contributed by atoms with Gasteiger partial charge in [0.2, 0.25) is 11.2 Å². The Bertz CT molecular complexity index is 1220. The summed E-state index contributed by atoms with van der Waals surface area (Å²) in [6.45, 7) is 0. The first-order valence-corrected chi connectivity index (χ1v) is 12.8. The molecule has 4 heteroatoms. The van der Waals surface area contributed by atoms with Crippen molar-refractivity contribution in [2.45, 2.75) is 36.6 Å². The highest BCUT2D eigenvalue weighted by Crippen LogP contribution is 2.46. The lowest BCUT2D eigenvalue weighted by Gasteiger charge is -2.33. The third kappa shape index (κ3) is 4.47. The molecule has 5 rings (SSSR count). The zero-order valence-electron chi connectivity index (χ0n) is 20.2. The molecular formula is C29H34N3S+. The number of thioether (sulfide) groups is 1. The first-order valence-electron chi connectivity index (χ1n) is 12.0. The summed E-state index contributed by atoms with van der Waals surface area (Å²) in [7, 11) is 8.83. The largest absolute Gasteiger partial charge is 0.338 e. The third-order valence-electron chi connectivity index (χ3n) is 7.39. The van der Waals surface area contributed by atoms with Crippen molar-refractivity contribution >= 4 is 34.4 Å². The van der Waals surface area contributed by atoms with Crippen molar-refractivity contribution < 1.29 is 4.57 Å². The summed E-state index contributed by atoms with van der Waals surface area (Å²) < 4.78 is 2.33. The lowest BCUT2D eigenvalue weighted by atomic mass is 9.80. The Morgan fingerprint density at radius 3 is 2.45 bits per heavy atom. The second-order valence-electron chi connectivity index (χ2n) is 9.60. The SMILES string of the molecule is CN1/C(=C\C(=C\c2ccc3ccccc3[n+]2C)C2CCC(N(C)C)CC2)Sc2ccccc21. The quantitative estimate of drug-likeness (QED) is 0.430. The smallest absolute Gasteiger partial charge is 0.212 e. The topological polar surface area (TPSA) is 10.4 Å². The average Bonchev–Trinajstić information content (AvgIpc) is 3.16. The fraction of sp³-hybridized carbons (Fsp3) is 0.345. The van der Waals surface area contributed by atoms with Crippen molar-refractivity contribution in [2.75, 3.05) is 26.0 Å². The van der Waals surface area contributed by atoms with E-state index in [4.69, 9.17) is 0 Å². The highest BCUT2D eigenvalue weighted by atomic mass is 32.2. The van der Waals surface area contributed by atoms with E-state index in [2.05, 4.69) is 115 Å². The first kappa shape index (κ1) is 22.2. The number of aryl methyl sites for hydroxylation is 1. The van der Waals surface area contributed by atoms with Gasteiger partial charge in [-0.1, -0.05) is 36.0 Å². The number of benzene rings is 2. The highest BCUT2D eigenvalue weighted by molar-refractivity contribution is 8.03. The summed E-state index contributed by atoms with van der Waals surface area (Å²) >= 11 is 1.89. The van der Waals surface area contributed by atoms with Gasteiger partial charge in [-0.15, -0.1) is 0 Å². The molecule has 3 aromatic rings. The molecule has 0 N–H and O–H groups in total. The predicted molar refractivity (Wildman–Crippen MR) is 141 cm³/mol.